The van der Waals surface area contributed by atoms with Crippen LogP contribution in [-0.2, 0) is 22.4 Å². The Hall–Kier alpha value is -1.43. The van der Waals surface area contributed by atoms with E-state index in [0.29, 0.717) is 36.8 Å². The molecule has 2 aliphatic heterocycles. The Kier molecular flexibility index (Phi) is 5.30. The highest BCUT2D eigenvalue weighted by Gasteiger charge is 2.32. The third kappa shape index (κ3) is 4.31. The van der Waals surface area contributed by atoms with Crippen molar-refractivity contribution in [2.75, 3.05) is 26.3 Å². The lowest BCUT2D eigenvalue weighted by molar-refractivity contribution is -0.137. The first-order valence-corrected chi connectivity index (χ1v) is 8.79. The fraction of sp³-hybridized carbons (Fsp3) is 0.824. The predicted molar refractivity (Wildman–Crippen MR) is 84.8 cm³/mol. The lowest BCUT2D eigenvalue weighted by Gasteiger charge is -2.26. The van der Waals surface area contributed by atoms with Gasteiger partial charge in [0.2, 0.25) is 17.7 Å². The molecule has 1 aromatic heterocycles. The highest BCUT2D eigenvalue weighted by atomic mass is 16.5. The molecule has 0 unspecified atom stereocenters. The fourth-order valence-corrected chi connectivity index (χ4v) is 3.45. The number of carbonyl (C=O) groups is 1. The molecule has 1 atom stereocenters. The minimum atomic E-state index is 0.156. The van der Waals surface area contributed by atoms with Crippen molar-refractivity contribution in [2.45, 2.75) is 46.0 Å². The normalized spacial score (nSPS) is 22.9. The summed E-state index contributed by atoms with van der Waals surface area (Å²) in [5, 5.41) is 8.27. The maximum absolute atomic E-state index is 12.5. The molecule has 128 valence electrons. The summed E-state index contributed by atoms with van der Waals surface area (Å²) in [6.45, 7) is 7.38. The minimum Gasteiger partial charge on any atom is -0.425 e. The Bertz CT molecular complexity index is 523. The summed E-state index contributed by atoms with van der Waals surface area (Å²) in [6, 6.07) is 0. The topological polar surface area (TPSA) is 68.5 Å². The molecular formula is C17H27N3O3. The van der Waals surface area contributed by atoms with Gasteiger partial charge >= 0.3 is 0 Å². The van der Waals surface area contributed by atoms with Crippen molar-refractivity contribution in [1.82, 2.24) is 15.1 Å². The largest absolute Gasteiger partial charge is 0.425 e. The molecule has 0 aromatic carbocycles. The van der Waals surface area contributed by atoms with E-state index < -0.39 is 0 Å². The van der Waals surface area contributed by atoms with Crippen molar-refractivity contribution in [3.63, 3.8) is 0 Å². The minimum absolute atomic E-state index is 0.156. The van der Waals surface area contributed by atoms with E-state index in [0.717, 1.165) is 51.1 Å². The Balaban J connectivity index is 1.49. The SMILES string of the molecule is CC(C)Cc1nnc(C[C@H]2CCN(C(=O)C3CCOCC3)C2)o1. The van der Waals surface area contributed by atoms with Gasteiger partial charge in [-0.2, -0.15) is 0 Å². The maximum Gasteiger partial charge on any atom is 0.225 e. The van der Waals surface area contributed by atoms with E-state index in [9.17, 15) is 4.79 Å². The maximum atomic E-state index is 12.5. The molecule has 23 heavy (non-hydrogen) atoms. The monoisotopic (exact) mass is 321 g/mol. The first-order valence-electron chi connectivity index (χ1n) is 8.79. The van der Waals surface area contributed by atoms with Crippen molar-refractivity contribution in [1.29, 1.82) is 0 Å². The molecule has 2 aliphatic rings. The molecule has 2 fully saturated rings. The zero-order valence-electron chi connectivity index (χ0n) is 14.2. The molecular weight excluding hydrogens is 294 g/mol. The van der Waals surface area contributed by atoms with Crippen molar-refractivity contribution in [2.24, 2.45) is 17.8 Å². The molecule has 0 spiro atoms. The van der Waals surface area contributed by atoms with Crippen LogP contribution in [0.25, 0.3) is 0 Å². The summed E-state index contributed by atoms with van der Waals surface area (Å²) in [7, 11) is 0. The Morgan fingerprint density at radius 3 is 2.70 bits per heavy atom. The number of hydrogen-bond donors (Lipinski definition) is 0. The zero-order chi connectivity index (χ0) is 16.2. The van der Waals surface area contributed by atoms with Crippen LogP contribution in [0.5, 0.6) is 0 Å². The first-order chi connectivity index (χ1) is 11.1. The summed E-state index contributed by atoms with van der Waals surface area (Å²) in [6.07, 6.45) is 4.36. The van der Waals surface area contributed by atoms with Crippen molar-refractivity contribution < 1.29 is 13.9 Å². The van der Waals surface area contributed by atoms with Crippen molar-refractivity contribution >= 4 is 5.91 Å². The van der Waals surface area contributed by atoms with Crippen LogP contribution in [-0.4, -0.2) is 47.3 Å². The van der Waals surface area contributed by atoms with Crippen LogP contribution >= 0.6 is 0 Å². The van der Waals surface area contributed by atoms with E-state index in [4.69, 9.17) is 9.15 Å². The lowest BCUT2D eigenvalue weighted by atomic mass is 9.99. The number of hydrogen-bond acceptors (Lipinski definition) is 5. The zero-order valence-corrected chi connectivity index (χ0v) is 14.2. The molecule has 1 amide bonds. The average Bonchev–Trinajstić information content (AvgIpc) is 3.17. The molecule has 2 saturated heterocycles. The molecule has 1 aromatic rings. The van der Waals surface area contributed by atoms with Crippen LogP contribution < -0.4 is 0 Å². The Morgan fingerprint density at radius 2 is 1.96 bits per heavy atom. The van der Waals surface area contributed by atoms with Crippen LogP contribution in [0.4, 0.5) is 0 Å². The number of amides is 1. The smallest absolute Gasteiger partial charge is 0.225 e. The van der Waals surface area contributed by atoms with E-state index in [-0.39, 0.29) is 5.92 Å². The Morgan fingerprint density at radius 1 is 1.22 bits per heavy atom. The van der Waals surface area contributed by atoms with Gasteiger partial charge in [0.15, 0.2) is 0 Å². The highest BCUT2D eigenvalue weighted by Crippen LogP contribution is 2.25. The molecule has 0 N–H and O–H groups in total. The molecule has 3 rings (SSSR count). The summed E-state index contributed by atoms with van der Waals surface area (Å²) in [5.74, 6) is 2.85. The number of likely N-dealkylation sites (tertiary alicyclic amines) is 1. The van der Waals surface area contributed by atoms with E-state index in [1.807, 2.05) is 4.90 Å². The second kappa shape index (κ2) is 7.43. The predicted octanol–water partition coefficient (Wildman–Crippen LogP) is 2.09. The van der Waals surface area contributed by atoms with Gasteiger partial charge in [-0.05, 0) is 31.1 Å². The molecule has 0 bridgehead atoms. The van der Waals surface area contributed by atoms with Gasteiger partial charge in [0.05, 0.1) is 0 Å². The van der Waals surface area contributed by atoms with Gasteiger partial charge in [-0.15, -0.1) is 10.2 Å². The summed E-state index contributed by atoms with van der Waals surface area (Å²) < 4.78 is 11.1. The van der Waals surface area contributed by atoms with Crippen molar-refractivity contribution in [3.8, 4) is 0 Å². The van der Waals surface area contributed by atoms with E-state index in [2.05, 4.69) is 24.0 Å². The van der Waals surface area contributed by atoms with Crippen LogP contribution in [0.15, 0.2) is 4.42 Å². The Labute approximate surface area is 137 Å². The number of ether oxygens (including phenoxy) is 1. The van der Waals surface area contributed by atoms with Crippen LogP contribution in [0, 0.1) is 17.8 Å². The van der Waals surface area contributed by atoms with Gasteiger partial charge in [0.25, 0.3) is 0 Å². The fourth-order valence-electron chi connectivity index (χ4n) is 3.45. The van der Waals surface area contributed by atoms with Gasteiger partial charge in [-0.1, -0.05) is 13.8 Å². The van der Waals surface area contributed by atoms with Crippen LogP contribution in [0.1, 0.15) is 44.9 Å². The average molecular weight is 321 g/mol. The van der Waals surface area contributed by atoms with Gasteiger partial charge in [0.1, 0.15) is 0 Å². The van der Waals surface area contributed by atoms with E-state index >= 15 is 0 Å². The van der Waals surface area contributed by atoms with Gasteiger partial charge in [-0.3, -0.25) is 4.79 Å². The van der Waals surface area contributed by atoms with Gasteiger partial charge < -0.3 is 14.1 Å². The second-order valence-corrected chi connectivity index (χ2v) is 7.22. The number of aromatic nitrogens is 2. The molecule has 6 nitrogen and oxygen atoms in total. The van der Waals surface area contributed by atoms with Gasteiger partial charge in [0, 0.05) is 45.1 Å². The highest BCUT2D eigenvalue weighted by molar-refractivity contribution is 5.79. The summed E-state index contributed by atoms with van der Waals surface area (Å²) in [5.41, 5.74) is 0. The first kappa shape index (κ1) is 16.4. The summed E-state index contributed by atoms with van der Waals surface area (Å²) in [4.78, 5) is 14.6. The lowest BCUT2D eigenvalue weighted by Crippen LogP contribution is -2.37. The van der Waals surface area contributed by atoms with E-state index in [1.54, 1.807) is 0 Å². The molecule has 0 aliphatic carbocycles. The molecule has 0 saturated carbocycles. The van der Waals surface area contributed by atoms with E-state index in [1.165, 1.54) is 0 Å². The summed E-state index contributed by atoms with van der Waals surface area (Å²) >= 11 is 0. The third-order valence-electron chi connectivity index (χ3n) is 4.72. The second-order valence-electron chi connectivity index (χ2n) is 7.22. The molecule has 6 heteroatoms. The number of carbonyl (C=O) groups excluding carboxylic acids is 1. The molecule has 3 heterocycles. The quantitative estimate of drug-likeness (QED) is 0.830. The van der Waals surface area contributed by atoms with Gasteiger partial charge in [-0.25, -0.2) is 0 Å². The van der Waals surface area contributed by atoms with Crippen LogP contribution in [0.3, 0.4) is 0 Å². The van der Waals surface area contributed by atoms with Crippen LogP contribution in [0.2, 0.25) is 0 Å². The third-order valence-corrected chi connectivity index (χ3v) is 4.72. The van der Waals surface area contributed by atoms with Crippen molar-refractivity contribution in [3.05, 3.63) is 11.8 Å². The standard InChI is InChI=1S/C17H27N3O3/c1-12(2)9-15-18-19-16(23-15)10-13-3-6-20(11-13)17(21)14-4-7-22-8-5-14/h12-14H,3-11H2,1-2H3/t13-/m1/s1. The number of rotatable bonds is 5. The number of nitrogens with zero attached hydrogens (tertiary/aromatic N) is 3. The molecule has 0 radical (unpaired) electrons.